The van der Waals surface area contributed by atoms with Crippen LogP contribution in [0.25, 0.3) is 10.9 Å². The molecule has 84 valence electrons. The summed E-state index contributed by atoms with van der Waals surface area (Å²) in [6.07, 6.45) is -1.85. The predicted molar refractivity (Wildman–Crippen MR) is 61.1 cm³/mol. The van der Waals surface area contributed by atoms with Crippen molar-refractivity contribution in [1.29, 1.82) is 0 Å². The smallest absolute Gasteiger partial charge is 0.246 e. The highest BCUT2D eigenvalue weighted by atomic mass is 35.5. The Morgan fingerprint density at radius 3 is 2.75 bits per heavy atom. The molecule has 0 radical (unpaired) electrons. The van der Waals surface area contributed by atoms with Gasteiger partial charge in [-0.15, -0.1) is 0 Å². The molecule has 0 atom stereocenters. The van der Waals surface area contributed by atoms with E-state index in [2.05, 4.69) is 4.98 Å². The van der Waals surface area contributed by atoms with Gasteiger partial charge in [-0.2, -0.15) is 0 Å². The van der Waals surface area contributed by atoms with Crippen LogP contribution in [0.5, 0.6) is 0 Å². The average Bonchev–Trinajstić information content (AvgIpc) is 2.28. The second-order valence-corrected chi connectivity index (χ2v) is 3.90. The number of nitrogens with zero attached hydrogens (tertiary/aromatic N) is 1. The van der Waals surface area contributed by atoms with Gasteiger partial charge in [0.15, 0.2) is 0 Å². The van der Waals surface area contributed by atoms with Crippen molar-refractivity contribution >= 4 is 22.5 Å². The van der Waals surface area contributed by atoms with Gasteiger partial charge in [0.2, 0.25) is 0 Å². The normalized spacial score (nSPS) is 11.3. The van der Waals surface area contributed by atoms with Crippen molar-refractivity contribution in [2.45, 2.75) is 19.8 Å². The lowest BCUT2D eigenvalue weighted by Crippen LogP contribution is -1.94. The number of aryl methyl sites for hydroxylation is 1. The monoisotopic (exact) mass is 241 g/mol. The first-order valence-electron chi connectivity index (χ1n) is 4.99. The molecular weight excluding hydrogens is 232 g/mol. The van der Waals surface area contributed by atoms with E-state index in [-0.39, 0.29) is 5.69 Å². The summed E-state index contributed by atoms with van der Waals surface area (Å²) in [7, 11) is 0. The van der Waals surface area contributed by atoms with Gasteiger partial charge >= 0.3 is 0 Å². The van der Waals surface area contributed by atoms with E-state index >= 15 is 0 Å². The maximum atomic E-state index is 12.6. The summed E-state index contributed by atoms with van der Waals surface area (Å²) in [5.74, 6) is 0. The topological polar surface area (TPSA) is 12.9 Å². The Morgan fingerprint density at radius 2 is 2.12 bits per heavy atom. The summed E-state index contributed by atoms with van der Waals surface area (Å²) >= 11 is 5.96. The van der Waals surface area contributed by atoms with E-state index in [9.17, 15) is 8.78 Å². The third-order valence-electron chi connectivity index (χ3n) is 2.50. The van der Waals surface area contributed by atoms with Gasteiger partial charge in [-0.1, -0.05) is 36.7 Å². The largest absolute Gasteiger partial charge is 0.280 e. The van der Waals surface area contributed by atoms with E-state index < -0.39 is 6.43 Å². The lowest BCUT2D eigenvalue weighted by atomic mass is 10.1. The number of rotatable bonds is 2. The van der Waals surface area contributed by atoms with Crippen LogP contribution < -0.4 is 0 Å². The Balaban J connectivity index is 2.77. The Morgan fingerprint density at radius 1 is 1.38 bits per heavy atom. The number of benzene rings is 1. The molecule has 0 saturated carbocycles. The number of alkyl halides is 2. The molecule has 2 rings (SSSR count). The lowest BCUT2D eigenvalue weighted by Gasteiger charge is -2.07. The van der Waals surface area contributed by atoms with Gasteiger partial charge in [0.1, 0.15) is 5.69 Å². The van der Waals surface area contributed by atoms with E-state index in [1.807, 2.05) is 19.1 Å². The minimum absolute atomic E-state index is 0.265. The summed E-state index contributed by atoms with van der Waals surface area (Å²) in [6, 6.07) is 6.75. The third kappa shape index (κ3) is 1.87. The van der Waals surface area contributed by atoms with Crippen LogP contribution in [-0.4, -0.2) is 4.98 Å². The first kappa shape index (κ1) is 11.3. The molecule has 0 aliphatic carbocycles. The predicted octanol–water partition coefficient (Wildman–Crippen LogP) is 4.39. The molecule has 0 aliphatic rings. The second-order valence-electron chi connectivity index (χ2n) is 3.50. The fourth-order valence-electron chi connectivity index (χ4n) is 1.68. The molecule has 0 saturated heterocycles. The number of hydrogen-bond acceptors (Lipinski definition) is 1. The molecule has 0 spiro atoms. The molecule has 0 N–H and O–H groups in total. The van der Waals surface area contributed by atoms with Gasteiger partial charge in [0, 0.05) is 5.39 Å². The standard InChI is InChI=1S/C12H10ClF2N/c1-2-7-4-3-5-8-9(13)6-10(12(14)15)16-11(7)8/h3-6,12H,2H2,1H3. The van der Waals surface area contributed by atoms with Crippen molar-refractivity contribution in [3.05, 3.63) is 40.5 Å². The minimum Gasteiger partial charge on any atom is -0.246 e. The summed E-state index contributed by atoms with van der Waals surface area (Å²) in [6.45, 7) is 1.96. The molecule has 1 nitrogen and oxygen atoms in total. The zero-order valence-corrected chi connectivity index (χ0v) is 9.43. The van der Waals surface area contributed by atoms with Crippen molar-refractivity contribution in [2.24, 2.45) is 0 Å². The maximum Gasteiger partial charge on any atom is 0.280 e. The molecule has 0 amide bonds. The molecule has 1 aromatic carbocycles. The fraction of sp³-hybridized carbons (Fsp3) is 0.250. The molecule has 1 aromatic heterocycles. The highest BCUT2D eigenvalue weighted by Gasteiger charge is 2.13. The zero-order valence-electron chi connectivity index (χ0n) is 8.67. The highest BCUT2D eigenvalue weighted by Crippen LogP contribution is 2.29. The summed E-state index contributed by atoms with van der Waals surface area (Å²) in [4.78, 5) is 3.97. The number of fused-ring (bicyclic) bond motifs is 1. The van der Waals surface area contributed by atoms with Crippen LogP contribution in [0.4, 0.5) is 8.78 Å². The maximum absolute atomic E-state index is 12.6. The van der Waals surface area contributed by atoms with Crippen LogP contribution in [0.2, 0.25) is 5.02 Å². The summed E-state index contributed by atoms with van der Waals surface area (Å²) in [5, 5.41) is 1.06. The number of halogens is 3. The first-order chi connectivity index (χ1) is 7.63. The molecule has 2 aromatic rings. The summed E-state index contributed by atoms with van der Waals surface area (Å²) < 4.78 is 25.2. The van der Waals surface area contributed by atoms with Crippen molar-refractivity contribution in [3.8, 4) is 0 Å². The number of pyridine rings is 1. The van der Waals surface area contributed by atoms with Gasteiger partial charge in [-0.3, -0.25) is 0 Å². The van der Waals surface area contributed by atoms with Gasteiger partial charge in [-0.25, -0.2) is 13.8 Å². The Labute approximate surface area is 97.1 Å². The molecule has 0 aliphatic heterocycles. The van der Waals surface area contributed by atoms with Gasteiger partial charge < -0.3 is 0 Å². The van der Waals surface area contributed by atoms with E-state index in [0.717, 1.165) is 17.4 Å². The van der Waals surface area contributed by atoms with Gasteiger partial charge in [0.05, 0.1) is 10.5 Å². The molecule has 16 heavy (non-hydrogen) atoms. The lowest BCUT2D eigenvalue weighted by molar-refractivity contribution is 0.146. The Hall–Kier alpha value is -1.22. The quantitative estimate of drug-likeness (QED) is 0.760. The molecule has 1 heterocycles. The molecule has 0 fully saturated rings. The van der Waals surface area contributed by atoms with Crippen LogP contribution in [0.1, 0.15) is 24.6 Å². The molecule has 0 unspecified atom stereocenters. The number of hydrogen-bond donors (Lipinski definition) is 0. The van der Waals surface area contributed by atoms with E-state index in [4.69, 9.17) is 11.6 Å². The molecule has 0 bridgehead atoms. The van der Waals surface area contributed by atoms with Crippen LogP contribution in [0.3, 0.4) is 0 Å². The van der Waals surface area contributed by atoms with Crippen molar-refractivity contribution in [1.82, 2.24) is 4.98 Å². The van der Waals surface area contributed by atoms with Crippen molar-refractivity contribution in [2.75, 3.05) is 0 Å². The number of aromatic nitrogens is 1. The first-order valence-corrected chi connectivity index (χ1v) is 5.37. The van der Waals surface area contributed by atoms with Crippen LogP contribution >= 0.6 is 11.6 Å². The Kier molecular flexibility index (Phi) is 3.06. The SMILES string of the molecule is CCc1cccc2c(Cl)cc(C(F)F)nc12. The highest BCUT2D eigenvalue weighted by molar-refractivity contribution is 6.35. The van der Waals surface area contributed by atoms with Crippen LogP contribution in [0, 0.1) is 0 Å². The van der Waals surface area contributed by atoms with E-state index in [0.29, 0.717) is 10.5 Å². The van der Waals surface area contributed by atoms with Gasteiger partial charge in [0.25, 0.3) is 6.43 Å². The fourth-order valence-corrected chi connectivity index (χ4v) is 1.95. The van der Waals surface area contributed by atoms with Gasteiger partial charge in [-0.05, 0) is 18.1 Å². The minimum atomic E-state index is -2.59. The summed E-state index contributed by atoms with van der Waals surface area (Å²) in [5.41, 5.74) is 1.24. The van der Waals surface area contributed by atoms with E-state index in [1.165, 1.54) is 6.07 Å². The number of para-hydroxylation sites is 1. The second kappa shape index (κ2) is 4.34. The Bertz CT molecular complexity index is 526. The van der Waals surface area contributed by atoms with Crippen molar-refractivity contribution < 1.29 is 8.78 Å². The molecule has 4 heteroatoms. The van der Waals surface area contributed by atoms with Crippen LogP contribution in [-0.2, 0) is 6.42 Å². The zero-order chi connectivity index (χ0) is 11.7. The van der Waals surface area contributed by atoms with Crippen LogP contribution in [0.15, 0.2) is 24.3 Å². The van der Waals surface area contributed by atoms with E-state index in [1.54, 1.807) is 6.07 Å². The molecular formula is C12H10ClF2N. The average molecular weight is 242 g/mol. The third-order valence-corrected chi connectivity index (χ3v) is 2.81. The van der Waals surface area contributed by atoms with Crippen molar-refractivity contribution in [3.63, 3.8) is 0 Å².